The molecule has 0 N–H and O–H groups in total. The van der Waals surface area contributed by atoms with Gasteiger partial charge in [0.2, 0.25) is 0 Å². The zero-order valence-electron chi connectivity index (χ0n) is 14.3. The molecule has 6 heteroatoms. The van der Waals surface area contributed by atoms with E-state index >= 15 is 0 Å². The molecule has 0 spiro atoms. The summed E-state index contributed by atoms with van der Waals surface area (Å²) in [6, 6.07) is 11.5. The Morgan fingerprint density at radius 2 is 2.21 bits per heavy atom. The molecule has 0 amide bonds. The summed E-state index contributed by atoms with van der Waals surface area (Å²) in [6.07, 6.45) is 2.78. The second kappa shape index (κ2) is 9.87. The molecule has 1 unspecified atom stereocenters. The Labute approximate surface area is 205 Å². The second-order valence-corrected chi connectivity index (χ2v) is 7.01. The van der Waals surface area contributed by atoms with Gasteiger partial charge in [0.05, 0.1) is 5.44 Å². The number of nitrogens with zero attached hydrogens (tertiary/aromatic N) is 1. The molecular weight excluding hydrogens is 443 g/mol. The Kier molecular flexibility index (Phi) is 8.49. The molecule has 3 rings (SSSR count). The van der Waals surface area contributed by atoms with Crippen molar-refractivity contribution in [1.82, 2.24) is 4.57 Å². The maximum atomic E-state index is 11.6. The van der Waals surface area contributed by atoms with Crippen molar-refractivity contribution in [3.63, 3.8) is 0 Å². The number of thioether (sulfide) groups is 1. The summed E-state index contributed by atoms with van der Waals surface area (Å²) < 4.78 is 13.0. The summed E-state index contributed by atoms with van der Waals surface area (Å²) in [6.45, 7) is 4.45. The minimum absolute atomic E-state index is 0. The van der Waals surface area contributed by atoms with E-state index in [1.165, 1.54) is 0 Å². The molecule has 2 aromatic rings. The summed E-state index contributed by atoms with van der Waals surface area (Å²) in [5.74, 6) is 1.30. The number of ether oxygens (including phenoxy) is 2. The molecule has 2 atom stereocenters. The first-order valence-electron chi connectivity index (χ1n) is 7.64. The number of aromatic nitrogens is 1. The fourth-order valence-corrected chi connectivity index (χ4v) is 3.51. The Morgan fingerprint density at radius 1 is 1.38 bits per heavy atom. The van der Waals surface area contributed by atoms with Crippen molar-refractivity contribution in [3.8, 4) is 5.75 Å². The van der Waals surface area contributed by atoms with Crippen LogP contribution in [0.4, 0.5) is 0 Å². The van der Waals surface area contributed by atoms with Gasteiger partial charge in [-0.3, -0.25) is 4.79 Å². The van der Waals surface area contributed by atoms with Gasteiger partial charge in [0.1, 0.15) is 12.4 Å². The maximum absolute atomic E-state index is 11.6. The first-order chi connectivity index (χ1) is 11.1. The molecule has 24 heavy (non-hydrogen) atoms. The summed E-state index contributed by atoms with van der Waals surface area (Å²) in [5.41, 5.74) is 1.02. The molecule has 0 aliphatic carbocycles. The van der Waals surface area contributed by atoms with Crippen molar-refractivity contribution >= 4 is 11.8 Å². The third-order valence-electron chi connectivity index (χ3n) is 3.67. The van der Waals surface area contributed by atoms with Crippen molar-refractivity contribution in [2.75, 3.05) is 0 Å². The van der Waals surface area contributed by atoms with E-state index in [0.29, 0.717) is 12.5 Å². The Morgan fingerprint density at radius 3 is 2.92 bits per heavy atom. The quantitative estimate of drug-likeness (QED) is 0.610. The molecule has 122 valence electrons. The van der Waals surface area contributed by atoms with Gasteiger partial charge in [-0.2, -0.15) is 0 Å². The smallest absolute Gasteiger partial charge is 0.542 e. The van der Waals surface area contributed by atoms with Crippen LogP contribution in [0.3, 0.4) is 0 Å². The minimum atomic E-state index is -0.0286. The van der Waals surface area contributed by atoms with Crippen LogP contribution < -0.4 is 79.2 Å². The standard InChI is InChI=1S/C18H20NO3S.Cs/c1-13-8-18(22-11-13)23-16-5-3-4-15(10-16)21-12-14-6-7-19(2)17(20)9-14;/h3-7,9-11,13,18H,8,12H2,1-2H3;/q-1;+1/t13-,18?;/m1./s1. The molecule has 1 saturated heterocycles. The molecule has 1 aliphatic rings. The zero-order valence-corrected chi connectivity index (χ0v) is 21.4. The number of rotatable bonds is 5. The molecule has 1 aromatic carbocycles. The Bertz CT molecular complexity index is 734. The number of pyridine rings is 1. The van der Waals surface area contributed by atoms with E-state index < -0.39 is 0 Å². The van der Waals surface area contributed by atoms with Crippen LogP contribution in [0, 0.1) is 12.5 Å². The van der Waals surface area contributed by atoms with E-state index in [2.05, 4.69) is 13.0 Å². The number of aryl methyl sites for hydroxylation is 1. The first-order valence-corrected chi connectivity index (χ1v) is 8.52. The van der Waals surface area contributed by atoms with Crippen molar-refractivity contribution in [2.24, 2.45) is 13.0 Å². The van der Waals surface area contributed by atoms with E-state index in [1.54, 1.807) is 35.6 Å². The monoisotopic (exact) mass is 463 g/mol. The second-order valence-electron chi connectivity index (χ2n) is 5.78. The number of benzene rings is 1. The maximum Gasteiger partial charge on any atom is 1.00 e. The first kappa shape index (κ1) is 20.6. The molecule has 0 bridgehead atoms. The third-order valence-corrected chi connectivity index (χ3v) is 4.77. The number of hydrogen-bond donors (Lipinski definition) is 0. The van der Waals surface area contributed by atoms with Gasteiger partial charge in [-0.1, -0.05) is 24.8 Å². The minimum Gasteiger partial charge on any atom is -0.542 e. The predicted octanol–water partition coefficient (Wildman–Crippen LogP) is 0.605. The fraction of sp³-hybridized carbons (Fsp3) is 0.333. The molecule has 1 aromatic heterocycles. The van der Waals surface area contributed by atoms with Crippen LogP contribution >= 0.6 is 11.8 Å². The average Bonchev–Trinajstić information content (AvgIpc) is 2.94. The van der Waals surface area contributed by atoms with Gasteiger partial charge in [-0.15, -0.1) is 5.92 Å². The van der Waals surface area contributed by atoms with E-state index in [4.69, 9.17) is 9.47 Å². The average molecular weight is 463 g/mol. The summed E-state index contributed by atoms with van der Waals surface area (Å²) in [7, 11) is 1.73. The molecular formula is C18H20CsNO3S. The van der Waals surface area contributed by atoms with Crippen molar-refractivity contribution in [3.05, 3.63) is 65.1 Å². The van der Waals surface area contributed by atoms with Gasteiger partial charge < -0.3 is 14.0 Å². The molecule has 2 heterocycles. The van der Waals surface area contributed by atoms with Crippen molar-refractivity contribution in [2.45, 2.75) is 30.3 Å². The van der Waals surface area contributed by atoms with Gasteiger partial charge in [0, 0.05) is 24.2 Å². The Hall–Kier alpha value is 0.332. The topological polar surface area (TPSA) is 40.5 Å². The van der Waals surface area contributed by atoms with E-state index in [-0.39, 0.29) is 79.9 Å². The fourth-order valence-electron chi connectivity index (χ4n) is 2.35. The van der Waals surface area contributed by atoms with Gasteiger partial charge in [0.25, 0.3) is 5.56 Å². The third kappa shape index (κ3) is 5.95. The van der Waals surface area contributed by atoms with Crippen LogP contribution in [0.15, 0.2) is 52.3 Å². The molecule has 1 fully saturated rings. The molecule has 0 radical (unpaired) electrons. The predicted molar refractivity (Wildman–Crippen MR) is 91.3 cm³/mol. The summed E-state index contributed by atoms with van der Waals surface area (Å²) in [5, 5.41) is 0. The van der Waals surface area contributed by atoms with Crippen molar-refractivity contribution in [1.29, 1.82) is 0 Å². The molecule has 0 saturated carbocycles. The van der Waals surface area contributed by atoms with Gasteiger partial charge in [-0.25, -0.2) is 6.61 Å². The van der Waals surface area contributed by atoms with Crippen LogP contribution in [-0.2, 0) is 18.4 Å². The zero-order chi connectivity index (χ0) is 16.2. The normalized spacial score (nSPS) is 19.8. The van der Waals surface area contributed by atoms with Crippen LogP contribution in [0.1, 0.15) is 18.9 Å². The summed E-state index contributed by atoms with van der Waals surface area (Å²) >= 11 is 1.71. The molecule has 4 nitrogen and oxygen atoms in total. The van der Waals surface area contributed by atoms with Crippen LogP contribution in [0.25, 0.3) is 0 Å². The van der Waals surface area contributed by atoms with E-state index in [9.17, 15) is 4.79 Å². The van der Waals surface area contributed by atoms with E-state index in [1.807, 2.05) is 30.9 Å². The van der Waals surface area contributed by atoms with Gasteiger partial charge >= 0.3 is 68.9 Å². The Balaban J connectivity index is 0.00000208. The SMILES string of the molecule is C[C@H]1[CH-]OC(Sc2cccc(OCc3ccn(C)c(=O)c3)c2)C1.[Cs+]. The largest absolute Gasteiger partial charge is 1.00 e. The van der Waals surface area contributed by atoms with Crippen LogP contribution in [-0.4, -0.2) is 10.0 Å². The van der Waals surface area contributed by atoms with Crippen LogP contribution in [0.2, 0.25) is 0 Å². The van der Waals surface area contributed by atoms with Gasteiger partial charge in [-0.05, 0) is 36.2 Å². The van der Waals surface area contributed by atoms with E-state index in [0.717, 1.165) is 22.6 Å². The summed E-state index contributed by atoms with van der Waals surface area (Å²) in [4.78, 5) is 12.7. The molecule has 1 aliphatic heterocycles. The van der Waals surface area contributed by atoms with Crippen molar-refractivity contribution < 1.29 is 78.4 Å². The van der Waals surface area contributed by atoms with Crippen LogP contribution in [0.5, 0.6) is 5.75 Å². The van der Waals surface area contributed by atoms with Gasteiger partial charge in [0.15, 0.2) is 0 Å². The number of hydrogen-bond acceptors (Lipinski definition) is 4.